The van der Waals surface area contributed by atoms with Crippen LogP contribution in [0.4, 0.5) is 10.1 Å². The van der Waals surface area contributed by atoms with E-state index >= 15 is 0 Å². The molecule has 1 amide bonds. The number of fused-ring (bicyclic) bond motifs is 1. The van der Waals surface area contributed by atoms with Gasteiger partial charge >= 0.3 is 0 Å². The number of piperidine rings is 1. The monoisotopic (exact) mass is 398 g/mol. The largest absolute Gasteiger partial charge is 0.363 e. The van der Waals surface area contributed by atoms with Gasteiger partial charge in [-0.1, -0.05) is 13.0 Å². The third-order valence-corrected chi connectivity index (χ3v) is 6.44. The van der Waals surface area contributed by atoms with Gasteiger partial charge in [0.15, 0.2) is 0 Å². The molecule has 2 saturated heterocycles. The zero-order valence-corrected chi connectivity index (χ0v) is 17.9. The van der Waals surface area contributed by atoms with Crippen molar-refractivity contribution in [2.24, 2.45) is 5.92 Å². The number of carbonyl (C=O) groups excluding carboxylic acids is 1. The molecule has 6 heteroatoms. The Bertz CT molecular complexity index is 906. The second-order valence-electron chi connectivity index (χ2n) is 9.12. The lowest BCUT2D eigenvalue weighted by Gasteiger charge is -2.41. The van der Waals surface area contributed by atoms with Crippen molar-refractivity contribution in [3.63, 3.8) is 0 Å². The van der Waals surface area contributed by atoms with Crippen molar-refractivity contribution in [1.29, 1.82) is 0 Å². The highest BCUT2D eigenvalue weighted by Gasteiger charge is 2.48. The first-order valence-electron chi connectivity index (χ1n) is 10.7. The van der Waals surface area contributed by atoms with Crippen molar-refractivity contribution in [2.45, 2.75) is 65.1 Å². The van der Waals surface area contributed by atoms with Gasteiger partial charge in [0.05, 0.1) is 11.3 Å². The van der Waals surface area contributed by atoms with Gasteiger partial charge in [0.25, 0.3) is 5.91 Å². The molecule has 0 saturated carbocycles. The van der Waals surface area contributed by atoms with E-state index in [2.05, 4.69) is 30.8 Å². The zero-order valence-electron chi connectivity index (χ0n) is 17.9. The molecule has 156 valence electrons. The van der Waals surface area contributed by atoms with E-state index in [1.807, 2.05) is 28.8 Å². The lowest BCUT2D eigenvalue weighted by molar-refractivity contribution is 0.0666. The standard InChI is InChI=1S/C23H31FN4O/c1-5-10-27-15-20(16(2)25-27)22(29)26-11-9-21-17(14-26)13-23(3,4)28(21)19-8-6-7-18(24)12-19/h6-8,12,15,17,21H,5,9-11,13-14H2,1-4H3/t17-,21+/m1/s1. The summed E-state index contributed by atoms with van der Waals surface area (Å²) >= 11 is 0. The average molecular weight is 399 g/mol. The summed E-state index contributed by atoms with van der Waals surface area (Å²) in [5.74, 6) is 0.274. The van der Waals surface area contributed by atoms with Crippen LogP contribution < -0.4 is 4.90 Å². The van der Waals surface area contributed by atoms with E-state index in [1.165, 1.54) is 6.07 Å². The highest BCUT2D eigenvalue weighted by molar-refractivity contribution is 5.95. The smallest absolute Gasteiger partial charge is 0.257 e. The van der Waals surface area contributed by atoms with Crippen LogP contribution in [0.2, 0.25) is 0 Å². The minimum absolute atomic E-state index is 0.0654. The van der Waals surface area contributed by atoms with Crippen LogP contribution in [-0.4, -0.2) is 45.3 Å². The number of hydrogen-bond acceptors (Lipinski definition) is 3. The molecular weight excluding hydrogens is 367 g/mol. The number of benzene rings is 1. The van der Waals surface area contributed by atoms with Crippen molar-refractivity contribution in [3.05, 3.63) is 47.5 Å². The van der Waals surface area contributed by atoms with Gasteiger partial charge in [-0.05, 0) is 64.2 Å². The fourth-order valence-corrected chi connectivity index (χ4v) is 5.34. The second kappa shape index (κ2) is 7.47. The number of amides is 1. The molecule has 0 bridgehead atoms. The first-order valence-corrected chi connectivity index (χ1v) is 10.7. The van der Waals surface area contributed by atoms with Crippen LogP contribution in [0.25, 0.3) is 0 Å². The first-order chi connectivity index (χ1) is 13.8. The van der Waals surface area contributed by atoms with E-state index in [0.29, 0.717) is 12.0 Å². The summed E-state index contributed by atoms with van der Waals surface area (Å²) in [5, 5.41) is 4.49. The first kappa shape index (κ1) is 19.9. The van der Waals surface area contributed by atoms with Gasteiger partial charge in [0.1, 0.15) is 5.82 Å². The van der Waals surface area contributed by atoms with Crippen molar-refractivity contribution in [3.8, 4) is 0 Å². The number of halogens is 1. The number of likely N-dealkylation sites (tertiary alicyclic amines) is 1. The number of aromatic nitrogens is 2. The predicted molar refractivity (Wildman–Crippen MR) is 113 cm³/mol. The van der Waals surface area contributed by atoms with Gasteiger partial charge in [-0.15, -0.1) is 0 Å². The van der Waals surface area contributed by atoms with Gasteiger partial charge in [-0.2, -0.15) is 5.10 Å². The van der Waals surface area contributed by atoms with E-state index in [1.54, 1.807) is 12.1 Å². The molecule has 2 aromatic rings. The fraction of sp³-hybridized carbons (Fsp3) is 0.565. The van der Waals surface area contributed by atoms with Gasteiger partial charge in [-0.25, -0.2) is 4.39 Å². The van der Waals surface area contributed by atoms with Crippen molar-refractivity contribution >= 4 is 11.6 Å². The molecule has 3 heterocycles. The molecule has 0 spiro atoms. The number of aryl methyl sites for hydroxylation is 2. The Morgan fingerprint density at radius 2 is 2.14 bits per heavy atom. The molecule has 0 radical (unpaired) electrons. The lowest BCUT2D eigenvalue weighted by atomic mass is 9.89. The summed E-state index contributed by atoms with van der Waals surface area (Å²) in [4.78, 5) is 17.6. The average Bonchev–Trinajstić information content (AvgIpc) is 3.15. The molecule has 2 aliphatic rings. The lowest BCUT2D eigenvalue weighted by Crippen LogP contribution is -2.50. The summed E-state index contributed by atoms with van der Waals surface area (Å²) in [7, 11) is 0. The number of hydrogen-bond donors (Lipinski definition) is 0. The quantitative estimate of drug-likeness (QED) is 0.773. The Kier molecular flexibility index (Phi) is 5.13. The molecule has 1 aromatic heterocycles. The highest BCUT2D eigenvalue weighted by atomic mass is 19.1. The molecule has 0 unspecified atom stereocenters. The minimum Gasteiger partial charge on any atom is -0.363 e. The van der Waals surface area contributed by atoms with Gasteiger partial charge in [0.2, 0.25) is 0 Å². The molecule has 2 atom stereocenters. The Labute approximate surface area is 172 Å². The summed E-state index contributed by atoms with van der Waals surface area (Å²) < 4.78 is 15.7. The Balaban J connectivity index is 1.53. The van der Waals surface area contributed by atoms with E-state index in [0.717, 1.165) is 55.8 Å². The summed E-state index contributed by atoms with van der Waals surface area (Å²) in [6.45, 7) is 10.8. The number of nitrogens with zero attached hydrogens (tertiary/aromatic N) is 4. The maximum atomic E-state index is 13.9. The molecule has 2 aliphatic heterocycles. The number of carbonyl (C=O) groups is 1. The zero-order chi connectivity index (χ0) is 20.8. The fourth-order valence-electron chi connectivity index (χ4n) is 5.34. The predicted octanol–water partition coefficient (Wildman–Crippen LogP) is 4.26. The van der Waals surface area contributed by atoms with Gasteiger partial charge < -0.3 is 9.80 Å². The summed E-state index contributed by atoms with van der Waals surface area (Å²) in [6.07, 6.45) is 4.78. The molecule has 0 aliphatic carbocycles. The van der Waals surface area contributed by atoms with Crippen LogP contribution >= 0.6 is 0 Å². The number of rotatable bonds is 4. The second-order valence-corrected chi connectivity index (χ2v) is 9.12. The topological polar surface area (TPSA) is 41.4 Å². The molecule has 5 nitrogen and oxygen atoms in total. The normalized spacial score (nSPS) is 23.3. The van der Waals surface area contributed by atoms with Gasteiger partial charge in [-0.3, -0.25) is 9.48 Å². The van der Waals surface area contributed by atoms with Crippen LogP contribution in [0.15, 0.2) is 30.5 Å². The van der Waals surface area contributed by atoms with E-state index < -0.39 is 0 Å². The van der Waals surface area contributed by atoms with E-state index in [9.17, 15) is 9.18 Å². The third kappa shape index (κ3) is 3.65. The van der Waals surface area contributed by atoms with Crippen LogP contribution in [0.1, 0.15) is 56.1 Å². The van der Waals surface area contributed by atoms with Crippen molar-refractivity contribution < 1.29 is 9.18 Å². The Hall–Kier alpha value is -2.37. The SMILES string of the molecule is CCCn1cc(C(=O)N2CC[C@H]3[C@@H](C2)CC(C)(C)N3c2cccc(F)c2)c(C)n1. The Morgan fingerprint density at radius 1 is 1.34 bits per heavy atom. The van der Waals surface area contributed by atoms with Crippen molar-refractivity contribution in [2.75, 3.05) is 18.0 Å². The molecule has 1 aromatic carbocycles. The molecule has 4 rings (SSSR count). The maximum absolute atomic E-state index is 13.9. The molecule has 29 heavy (non-hydrogen) atoms. The number of anilines is 1. The summed E-state index contributed by atoms with van der Waals surface area (Å²) in [5.41, 5.74) is 2.40. The van der Waals surface area contributed by atoms with E-state index in [-0.39, 0.29) is 17.3 Å². The van der Waals surface area contributed by atoms with Crippen LogP contribution in [0, 0.1) is 18.7 Å². The summed E-state index contributed by atoms with van der Waals surface area (Å²) in [6, 6.07) is 7.24. The molecule has 0 N–H and O–H groups in total. The van der Waals surface area contributed by atoms with E-state index in [4.69, 9.17) is 0 Å². The van der Waals surface area contributed by atoms with Crippen LogP contribution in [0.3, 0.4) is 0 Å². The van der Waals surface area contributed by atoms with Crippen molar-refractivity contribution in [1.82, 2.24) is 14.7 Å². The molecular formula is C23H31FN4O. The minimum atomic E-state index is -0.200. The Morgan fingerprint density at radius 3 is 2.86 bits per heavy atom. The third-order valence-electron chi connectivity index (χ3n) is 6.44. The highest BCUT2D eigenvalue weighted by Crippen LogP contribution is 2.44. The van der Waals surface area contributed by atoms with Gasteiger partial charge in [0, 0.05) is 43.1 Å². The molecule has 2 fully saturated rings. The maximum Gasteiger partial charge on any atom is 0.257 e. The van der Waals surface area contributed by atoms with Crippen LogP contribution in [0.5, 0.6) is 0 Å². The van der Waals surface area contributed by atoms with Crippen LogP contribution in [-0.2, 0) is 6.54 Å².